The number of nitrogens with zero attached hydrogens (tertiary/aromatic N) is 4. The first-order valence-corrected chi connectivity index (χ1v) is 9.60. The molecule has 28 heavy (non-hydrogen) atoms. The van der Waals surface area contributed by atoms with E-state index in [0.717, 1.165) is 10.3 Å². The van der Waals surface area contributed by atoms with E-state index in [0.29, 0.717) is 11.3 Å². The highest BCUT2D eigenvalue weighted by Gasteiger charge is 2.57. The number of rotatable bonds is 6. The zero-order valence-electron chi connectivity index (χ0n) is 14.2. The molecule has 3 heterocycles. The zero-order chi connectivity index (χ0) is 19.9. The van der Waals surface area contributed by atoms with Gasteiger partial charge in [0.1, 0.15) is 18.8 Å². The molecule has 1 saturated heterocycles. The van der Waals surface area contributed by atoms with Crippen LogP contribution in [0.1, 0.15) is 0 Å². The molecule has 148 valence electrons. The van der Waals surface area contributed by atoms with Crippen molar-refractivity contribution in [3.8, 4) is 0 Å². The molecule has 4 rings (SSSR count). The van der Waals surface area contributed by atoms with Gasteiger partial charge in [-0.15, -0.1) is 0 Å². The molecule has 3 aromatic rings. The Kier molecular flexibility index (Phi) is 4.63. The molecule has 5 N–H and O–H groups in total. The van der Waals surface area contributed by atoms with Crippen LogP contribution in [0.5, 0.6) is 0 Å². The van der Waals surface area contributed by atoms with Crippen LogP contribution in [0.3, 0.4) is 0 Å². The first-order chi connectivity index (χ1) is 13.3. The summed E-state index contributed by atoms with van der Waals surface area (Å²) >= 11 is 0. The van der Waals surface area contributed by atoms with Gasteiger partial charge >= 0.3 is 7.82 Å². The summed E-state index contributed by atoms with van der Waals surface area (Å²) in [6.07, 6.45) is -0.191. The molecule has 2 unspecified atom stereocenters. The van der Waals surface area contributed by atoms with Gasteiger partial charge in [-0.2, -0.15) is 0 Å². The van der Waals surface area contributed by atoms with E-state index in [-0.39, 0.29) is 5.65 Å². The van der Waals surface area contributed by atoms with Gasteiger partial charge in [0, 0.05) is 5.69 Å². The van der Waals surface area contributed by atoms with E-state index in [1.807, 2.05) is 30.3 Å². The number of benzene rings is 1. The third-order valence-corrected chi connectivity index (χ3v) is 4.67. The lowest BCUT2D eigenvalue weighted by Gasteiger charge is -2.47. The standard InChI is InChI=1S/C15H16N5O7P/c21-12-10(6-26-28(23,24)25)27-15(12,22)20-8-18-11-13(16-7-17-14(11)20)19-9-4-2-1-3-5-9/h1-5,7-8,10,12,21-22H,6H2,(H,16,17,19)(H2,23,24,25)/t10?,12-,15?/m0/s1. The average Bonchev–Trinajstić information content (AvgIpc) is 3.10. The fourth-order valence-corrected chi connectivity index (χ4v) is 3.18. The molecule has 0 spiro atoms. The minimum Gasteiger partial charge on any atom is -0.382 e. The van der Waals surface area contributed by atoms with Crippen LogP contribution in [0, 0.1) is 0 Å². The summed E-state index contributed by atoms with van der Waals surface area (Å²) in [5.41, 5.74) is 1.28. The number of nitrogens with one attached hydrogen (secondary N) is 1. The zero-order valence-corrected chi connectivity index (χ0v) is 15.0. The van der Waals surface area contributed by atoms with Crippen molar-refractivity contribution in [2.75, 3.05) is 11.9 Å². The van der Waals surface area contributed by atoms with E-state index in [9.17, 15) is 14.8 Å². The number of aliphatic hydroxyl groups is 2. The van der Waals surface area contributed by atoms with Gasteiger partial charge in [0.2, 0.25) is 0 Å². The number of aliphatic hydroxyl groups excluding tert-OH is 1. The molecule has 1 fully saturated rings. The first kappa shape index (κ1) is 18.9. The lowest BCUT2D eigenvalue weighted by atomic mass is 10.0. The van der Waals surface area contributed by atoms with E-state index in [4.69, 9.17) is 14.5 Å². The van der Waals surface area contributed by atoms with Crippen molar-refractivity contribution >= 4 is 30.5 Å². The average molecular weight is 409 g/mol. The third kappa shape index (κ3) is 3.38. The second-order valence-corrected chi connectivity index (χ2v) is 7.29. The predicted molar refractivity (Wildman–Crippen MR) is 94.1 cm³/mol. The molecule has 0 saturated carbocycles. The number of ether oxygens (including phenoxy) is 1. The maximum absolute atomic E-state index is 10.8. The SMILES string of the molecule is O=P(O)(O)OCC1OC(O)(n2cnc3c(Nc4ccccc4)ncnc32)[C@H]1O. The van der Waals surface area contributed by atoms with Crippen LogP contribution in [0.25, 0.3) is 11.2 Å². The van der Waals surface area contributed by atoms with Crippen LogP contribution in [-0.2, 0) is 19.7 Å². The Hall–Kier alpha value is -2.44. The second-order valence-electron chi connectivity index (χ2n) is 6.05. The highest BCUT2D eigenvalue weighted by atomic mass is 31.2. The van der Waals surface area contributed by atoms with E-state index in [1.54, 1.807) is 0 Å². The summed E-state index contributed by atoms with van der Waals surface area (Å²) < 4.78 is 21.4. The topological polar surface area (TPSA) is 172 Å². The number of fused-ring (bicyclic) bond motifs is 1. The molecule has 1 aliphatic heterocycles. The largest absolute Gasteiger partial charge is 0.469 e. The van der Waals surface area contributed by atoms with E-state index in [2.05, 4.69) is 24.8 Å². The molecular formula is C15H16N5O7P. The Labute approximate surface area is 157 Å². The minimum atomic E-state index is -4.73. The van der Waals surface area contributed by atoms with Crippen LogP contribution in [0.15, 0.2) is 43.0 Å². The van der Waals surface area contributed by atoms with Gasteiger partial charge in [-0.3, -0.25) is 9.09 Å². The van der Waals surface area contributed by atoms with Gasteiger partial charge < -0.3 is 30.1 Å². The lowest BCUT2D eigenvalue weighted by molar-refractivity contribution is -0.432. The Morgan fingerprint density at radius 2 is 2.00 bits per heavy atom. The molecule has 0 amide bonds. The summed E-state index contributed by atoms with van der Waals surface area (Å²) in [5, 5.41) is 24.0. The Morgan fingerprint density at radius 3 is 2.68 bits per heavy atom. The third-order valence-electron chi connectivity index (χ3n) is 4.18. The maximum Gasteiger partial charge on any atom is 0.469 e. The van der Waals surface area contributed by atoms with E-state index < -0.39 is 32.5 Å². The lowest BCUT2D eigenvalue weighted by Crippen LogP contribution is -2.66. The van der Waals surface area contributed by atoms with Crippen molar-refractivity contribution in [3.63, 3.8) is 0 Å². The highest BCUT2D eigenvalue weighted by Crippen LogP contribution is 2.42. The first-order valence-electron chi connectivity index (χ1n) is 8.07. The van der Waals surface area contributed by atoms with Gasteiger partial charge in [0.05, 0.1) is 6.61 Å². The number of hydrogen-bond donors (Lipinski definition) is 5. The van der Waals surface area contributed by atoms with Gasteiger partial charge in [0.25, 0.3) is 5.91 Å². The molecule has 0 aliphatic carbocycles. The summed E-state index contributed by atoms with van der Waals surface area (Å²) in [6, 6.07) is 9.24. The van der Waals surface area contributed by atoms with Crippen LogP contribution < -0.4 is 5.32 Å². The number of aromatic nitrogens is 4. The Balaban J connectivity index is 1.59. The maximum atomic E-state index is 10.8. The number of hydrogen-bond acceptors (Lipinski definition) is 9. The molecule has 0 radical (unpaired) electrons. The number of imidazole rings is 1. The van der Waals surface area contributed by atoms with Gasteiger partial charge in [0.15, 0.2) is 23.1 Å². The van der Waals surface area contributed by atoms with Crippen molar-refractivity contribution in [2.24, 2.45) is 0 Å². The van der Waals surface area contributed by atoms with Crippen LogP contribution in [-0.4, -0.2) is 58.3 Å². The molecule has 2 aromatic heterocycles. The highest BCUT2D eigenvalue weighted by molar-refractivity contribution is 7.46. The van der Waals surface area contributed by atoms with Crippen molar-refractivity contribution in [1.29, 1.82) is 0 Å². The molecular weight excluding hydrogens is 393 g/mol. The van der Waals surface area contributed by atoms with Crippen molar-refractivity contribution in [2.45, 2.75) is 18.1 Å². The van der Waals surface area contributed by atoms with Crippen molar-refractivity contribution in [3.05, 3.63) is 43.0 Å². The minimum absolute atomic E-state index is 0.185. The molecule has 1 aromatic carbocycles. The van der Waals surface area contributed by atoms with Crippen LogP contribution in [0.4, 0.5) is 11.5 Å². The monoisotopic (exact) mass is 409 g/mol. The van der Waals surface area contributed by atoms with Crippen molar-refractivity contribution in [1.82, 2.24) is 19.5 Å². The molecule has 3 atom stereocenters. The number of phosphoric acid groups is 1. The smallest absolute Gasteiger partial charge is 0.382 e. The van der Waals surface area contributed by atoms with Gasteiger partial charge in [-0.25, -0.2) is 19.5 Å². The molecule has 13 heteroatoms. The fourth-order valence-electron chi connectivity index (χ4n) is 2.84. The van der Waals surface area contributed by atoms with Gasteiger partial charge in [-0.1, -0.05) is 18.2 Å². The Morgan fingerprint density at radius 1 is 1.25 bits per heavy atom. The van der Waals surface area contributed by atoms with Crippen LogP contribution in [0.2, 0.25) is 0 Å². The van der Waals surface area contributed by atoms with Crippen LogP contribution >= 0.6 is 7.82 Å². The summed E-state index contributed by atoms with van der Waals surface area (Å²) in [5.74, 6) is -1.83. The van der Waals surface area contributed by atoms with E-state index in [1.165, 1.54) is 12.7 Å². The number of para-hydroxylation sites is 1. The Bertz CT molecular complexity index is 1040. The van der Waals surface area contributed by atoms with E-state index >= 15 is 0 Å². The predicted octanol–water partition coefficient (Wildman–Crippen LogP) is 0.0415. The number of anilines is 2. The molecule has 1 aliphatic rings. The summed E-state index contributed by atoms with van der Waals surface area (Å²) in [7, 11) is -4.73. The summed E-state index contributed by atoms with van der Waals surface area (Å²) in [6.45, 7) is -0.601. The number of phosphoric ester groups is 1. The second kappa shape index (κ2) is 6.87. The fraction of sp³-hybridized carbons (Fsp3) is 0.267. The van der Waals surface area contributed by atoms with Crippen molar-refractivity contribution < 1.29 is 33.8 Å². The molecule has 0 bridgehead atoms. The normalized spacial score (nSPS) is 24.9. The quantitative estimate of drug-likeness (QED) is 0.348. The summed E-state index contributed by atoms with van der Waals surface area (Å²) in [4.78, 5) is 29.9. The van der Waals surface area contributed by atoms with Gasteiger partial charge in [-0.05, 0) is 12.1 Å². The molecule has 12 nitrogen and oxygen atoms in total.